The molecule has 0 aromatic heterocycles. The molecule has 2 unspecified atom stereocenters. The zero-order valence-corrected chi connectivity index (χ0v) is 8.75. The van der Waals surface area contributed by atoms with E-state index < -0.39 is 0 Å². The number of hydrogen-bond acceptors (Lipinski definition) is 1. The third kappa shape index (κ3) is 2.45. The molecule has 0 radical (unpaired) electrons. The molecule has 2 heteroatoms. The molecule has 1 aliphatic rings. The van der Waals surface area contributed by atoms with Gasteiger partial charge in [0.2, 0.25) is 0 Å². The highest BCUT2D eigenvalue weighted by molar-refractivity contribution is 5.21. The molecule has 1 heterocycles. The van der Waals surface area contributed by atoms with Gasteiger partial charge in [-0.1, -0.05) is 18.2 Å². The first-order valence-corrected chi connectivity index (χ1v) is 5.43. The number of hydrogen-bond donors (Lipinski definition) is 1. The lowest BCUT2D eigenvalue weighted by atomic mass is 9.93. The SMILES string of the molecule is C=CC1CCCC(c2ccc(F)cc2)N1. The monoisotopic (exact) mass is 205 g/mol. The van der Waals surface area contributed by atoms with Gasteiger partial charge in [0.1, 0.15) is 5.82 Å². The molecule has 1 N–H and O–H groups in total. The second kappa shape index (κ2) is 4.58. The van der Waals surface area contributed by atoms with Gasteiger partial charge in [0.05, 0.1) is 0 Å². The van der Waals surface area contributed by atoms with Crippen LogP contribution in [0.3, 0.4) is 0 Å². The van der Waals surface area contributed by atoms with Crippen molar-refractivity contribution in [3.63, 3.8) is 0 Å². The van der Waals surface area contributed by atoms with E-state index in [4.69, 9.17) is 0 Å². The normalized spacial score (nSPS) is 26.2. The van der Waals surface area contributed by atoms with Crippen molar-refractivity contribution in [2.24, 2.45) is 0 Å². The fraction of sp³-hybridized carbons (Fsp3) is 0.385. The molecule has 0 spiro atoms. The number of nitrogens with one attached hydrogen (secondary N) is 1. The highest BCUT2D eigenvalue weighted by Gasteiger charge is 2.19. The lowest BCUT2D eigenvalue weighted by molar-refractivity contribution is 0.363. The first kappa shape index (κ1) is 10.4. The summed E-state index contributed by atoms with van der Waals surface area (Å²) in [6.45, 7) is 3.80. The molecule has 15 heavy (non-hydrogen) atoms. The highest BCUT2D eigenvalue weighted by atomic mass is 19.1. The molecular weight excluding hydrogens is 189 g/mol. The van der Waals surface area contributed by atoms with E-state index in [0.717, 1.165) is 12.8 Å². The Labute approximate surface area is 90.0 Å². The summed E-state index contributed by atoms with van der Waals surface area (Å²) in [4.78, 5) is 0. The van der Waals surface area contributed by atoms with Crippen LogP contribution >= 0.6 is 0 Å². The predicted octanol–water partition coefficient (Wildman–Crippen LogP) is 3.19. The molecule has 2 rings (SSSR count). The van der Waals surface area contributed by atoms with Crippen LogP contribution in [0.25, 0.3) is 0 Å². The number of benzene rings is 1. The minimum Gasteiger partial charge on any atom is -0.304 e. The summed E-state index contributed by atoms with van der Waals surface area (Å²) in [5, 5.41) is 3.50. The zero-order chi connectivity index (χ0) is 10.7. The molecule has 0 amide bonds. The minimum absolute atomic E-state index is 0.171. The Morgan fingerprint density at radius 3 is 2.67 bits per heavy atom. The summed E-state index contributed by atoms with van der Waals surface area (Å²) in [5.74, 6) is -0.171. The first-order chi connectivity index (χ1) is 7.29. The van der Waals surface area contributed by atoms with E-state index in [-0.39, 0.29) is 5.82 Å². The molecule has 0 bridgehead atoms. The maximum absolute atomic E-state index is 12.8. The first-order valence-electron chi connectivity index (χ1n) is 5.43. The van der Waals surface area contributed by atoms with Crippen molar-refractivity contribution < 1.29 is 4.39 Å². The molecule has 2 atom stereocenters. The van der Waals surface area contributed by atoms with Gasteiger partial charge >= 0.3 is 0 Å². The van der Waals surface area contributed by atoms with Gasteiger partial charge in [-0.2, -0.15) is 0 Å². The molecule has 1 aromatic carbocycles. The molecular formula is C13H16FN. The topological polar surface area (TPSA) is 12.0 Å². The van der Waals surface area contributed by atoms with E-state index in [1.54, 1.807) is 0 Å². The Bertz CT molecular complexity index is 331. The van der Waals surface area contributed by atoms with Gasteiger partial charge in [0.15, 0.2) is 0 Å². The van der Waals surface area contributed by atoms with Crippen molar-refractivity contribution in [3.8, 4) is 0 Å². The molecule has 80 valence electrons. The quantitative estimate of drug-likeness (QED) is 0.731. The standard InChI is InChI=1S/C13H16FN/c1-2-12-4-3-5-13(15-12)10-6-8-11(14)9-7-10/h2,6-9,12-13,15H,1,3-5H2. The fourth-order valence-electron chi connectivity index (χ4n) is 2.11. The average Bonchev–Trinajstić information content (AvgIpc) is 2.30. The maximum Gasteiger partial charge on any atom is 0.123 e. The van der Waals surface area contributed by atoms with Crippen molar-refractivity contribution in [2.45, 2.75) is 31.3 Å². The molecule has 1 fully saturated rings. The van der Waals surface area contributed by atoms with E-state index >= 15 is 0 Å². The Kier molecular flexibility index (Phi) is 3.17. The summed E-state index contributed by atoms with van der Waals surface area (Å²) in [6, 6.07) is 7.51. The molecule has 1 aliphatic heterocycles. The van der Waals surface area contributed by atoms with Crippen LogP contribution in [0, 0.1) is 5.82 Å². The Hall–Kier alpha value is -1.15. The van der Waals surface area contributed by atoms with Gasteiger partial charge in [-0.3, -0.25) is 0 Å². The van der Waals surface area contributed by atoms with Crippen LogP contribution in [0.15, 0.2) is 36.9 Å². The average molecular weight is 205 g/mol. The second-order valence-electron chi connectivity index (χ2n) is 4.04. The van der Waals surface area contributed by atoms with Crippen molar-refractivity contribution in [1.29, 1.82) is 0 Å². The minimum atomic E-state index is -0.171. The number of piperidine rings is 1. The van der Waals surface area contributed by atoms with Crippen LogP contribution in [-0.4, -0.2) is 6.04 Å². The smallest absolute Gasteiger partial charge is 0.123 e. The van der Waals surface area contributed by atoms with E-state index in [1.165, 1.54) is 24.1 Å². The second-order valence-corrected chi connectivity index (χ2v) is 4.04. The third-order valence-corrected chi connectivity index (χ3v) is 2.98. The van der Waals surface area contributed by atoms with Crippen LogP contribution in [-0.2, 0) is 0 Å². The van der Waals surface area contributed by atoms with Crippen LogP contribution in [0.1, 0.15) is 30.9 Å². The Balaban J connectivity index is 2.09. The van der Waals surface area contributed by atoms with Crippen molar-refractivity contribution in [3.05, 3.63) is 48.3 Å². The number of rotatable bonds is 2. The van der Waals surface area contributed by atoms with Crippen LogP contribution < -0.4 is 5.32 Å². The van der Waals surface area contributed by atoms with Gasteiger partial charge in [0.25, 0.3) is 0 Å². The molecule has 1 nitrogen and oxygen atoms in total. The lowest BCUT2D eigenvalue weighted by Gasteiger charge is -2.29. The van der Waals surface area contributed by atoms with Crippen LogP contribution in [0.2, 0.25) is 0 Å². The zero-order valence-electron chi connectivity index (χ0n) is 8.75. The summed E-state index contributed by atoms with van der Waals surface area (Å²) in [7, 11) is 0. The van der Waals surface area contributed by atoms with E-state index in [1.807, 2.05) is 18.2 Å². The van der Waals surface area contributed by atoms with Gasteiger partial charge < -0.3 is 5.32 Å². The summed E-state index contributed by atoms with van der Waals surface area (Å²) in [6.07, 6.45) is 5.43. The summed E-state index contributed by atoms with van der Waals surface area (Å²) in [5.41, 5.74) is 1.17. The Morgan fingerprint density at radius 1 is 1.27 bits per heavy atom. The van der Waals surface area contributed by atoms with Gasteiger partial charge in [-0.05, 0) is 37.0 Å². The van der Waals surface area contributed by atoms with Gasteiger partial charge in [-0.15, -0.1) is 6.58 Å². The maximum atomic E-state index is 12.8. The largest absolute Gasteiger partial charge is 0.304 e. The molecule has 0 aliphatic carbocycles. The van der Waals surface area contributed by atoms with Crippen LogP contribution in [0.5, 0.6) is 0 Å². The Morgan fingerprint density at radius 2 is 2.00 bits per heavy atom. The van der Waals surface area contributed by atoms with Crippen molar-refractivity contribution in [2.75, 3.05) is 0 Å². The fourth-order valence-corrected chi connectivity index (χ4v) is 2.11. The number of halogens is 1. The van der Waals surface area contributed by atoms with Gasteiger partial charge in [0, 0.05) is 12.1 Å². The predicted molar refractivity (Wildman–Crippen MR) is 60.1 cm³/mol. The van der Waals surface area contributed by atoms with E-state index in [9.17, 15) is 4.39 Å². The third-order valence-electron chi connectivity index (χ3n) is 2.98. The van der Waals surface area contributed by atoms with E-state index in [0.29, 0.717) is 12.1 Å². The van der Waals surface area contributed by atoms with Crippen LogP contribution in [0.4, 0.5) is 4.39 Å². The molecule has 1 aromatic rings. The van der Waals surface area contributed by atoms with E-state index in [2.05, 4.69) is 11.9 Å². The van der Waals surface area contributed by atoms with Crippen molar-refractivity contribution >= 4 is 0 Å². The molecule has 0 saturated carbocycles. The highest BCUT2D eigenvalue weighted by Crippen LogP contribution is 2.25. The summed E-state index contributed by atoms with van der Waals surface area (Å²) >= 11 is 0. The lowest BCUT2D eigenvalue weighted by Crippen LogP contribution is -2.35. The van der Waals surface area contributed by atoms with Crippen molar-refractivity contribution in [1.82, 2.24) is 5.32 Å². The van der Waals surface area contributed by atoms with Gasteiger partial charge in [-0.25, -0.2) is 4.39 Å². The summed E-state index contributed by atoms with van der Waals surface area (Å²) < 4.78 is 12.8. The molecule has 1 saturated heterocycles.